The van der Waals surface area contributed by atoms with Gasteiger partial charge in [-0.15, -0.1) is 0 Å². The Morgan fingerprint density at radius 3 is 2.47 bits per heavy atom. The molecule has 0 spiro atoms. The first-order valence-electron chi connectivity index (χ1n) is 5.42. The van der Waals surface area contributed by atoms with Crippen LogP contribution in [0.3, 0.4) is 0 Å². The lowest BCUT2D eigenvalue weighted by Gasteiger charge is -2.05. The van der Waals surface area contributed by atoms with E-state index in [-0.39, 0.29) is 0 Å². The average Bonchev–Trinajstić information content (AvgIpc) is 2.79. The van der Waals surface area contributed by atoms with E-state index in [4.69, 9.17) is 10.5 Å². The fraction of sp³-hybridized carbons (Fsp3) is 0. The summed E-state index contributed by atoms with van der Waals surface area (Å²) >= 11 is 0. The number of nitrogens with one attached hydrogen (secondary N) is 1. The van der Waals surface area contributed by atoms with Gasteiger partial charge in [0, 0.05) is 22.8 Å². The van der Waals surface area contributed by atoms with Crippen molar-refractivity contribution in [1.82, 2.24) is 4.98 Å². The van der Waals surface area contributed by atoms with Crippen LogP contribution in [0.5, 0.6) is 11.5 Å². The number of hydrogen-bond donors (Lipinski definition) is 2. The van der Waals surface area contributed by atoms with E-state index in [1.165, 1.54) is 0 Å². The molecule has 0 unspecified atom stereocenters. The van der Waals surface area contributed by atoms with Crippen LogP contribution in [0.25, 0.3) is 10.9 Å². The first kappa shape index (κ1) is 9.78. The lowest BCUT2D eigenvalue weighted by atomic mass is 10.2. The Balaban J connectivity index is 1.91. The number of anilines is 1. The van der Waals surface area contributed by atoms with Crippen molar-refractivity contribution < 1.29 is 4.74 Å². The summed E-state index contributed by atoms with van der Waals surface area (Å²) in [4.78, 5) is 3.15. The van der Waals surface area contributed by atoms with Crippen LogP contribution in [0.2, 0.25) is 0 Å². The smallest absolute Gasteiger partial charge is 0.128 e. The van der Waals surface area contributed by atoms with Crippen molar-refractivity contribution in [3.8, 4) is 11.5 Å². The molecule has 0 fully saturated rings. The summed E-state index contributed by atoms with van der Waals surface area (Å²) in [5.41, 5.74) is 7.46. The lowest BCUT2D eigenvalue weighted by molar-refractivity contribution is 0.483. The molecule has 3 nitrogen and oxygen atoms in total. The van der Waals surface area contributed by atoms with Gasteiger partial charge in [0.1, 0.15) is 11.5 Å². The van der Waals surface area contributed by atoms with Gasteiger partial charge >= 0.3 is 0 Å². The highest BCUT2D eigenvalue weighted by molar-refractivity contribution is 5.80. The minimum absolute atomic E-state index is 0.735. The van der Waals surface area contributed by atoms with Gasteiger partial charge in [-0.2, -0.15) is 0 Å². The van der Waals surface area contributed by atoms with Crippen LogP contribution in [-0.4, -0.2) is 4.98 Å². The van der Waals surface area contributed by atoms with Crippen LogP contribution in [0, 0.1) is 0 Å². The van der Waals surface area contributed by atoms with Gasteiger partial charge in [-0.25, -0.2) is 0 Å². The van der Waals surface area contributed by atoms with E-state index in [2.05, 4.69) is 4.98 Å². The number of nitrogens with two attached hydrogens (primary N) is 1. The molecule has 3 heteroatoms. The molecule has 1 heterocycles. The van der Waals surface area contributed by atoms with Crippen molar-refractivity contribution in [2.45, 2.75) is 0 Å². The van der Waals surface area contributed by atoms with E-state index in [1.54, 1.807) is 0 Å². The van der Waals surface area contributed by atoms with Crippen molar-refractivity contribution in [2.24, 2.45) is 0 Å². The van der Waals surface area contributed by atoms with Gasteiger partial charge in [0.15, 0.2) is 0 Å². The van der Waals surface area contributed by atoms with Gasteiger partial charge in [-0.1, -0.05) is 0 Å². The number of fused-ring (bicyclic) bond motifs is 1. The van der Waals surface area contributed by atoms with E-state index in [9.17, 15) is 0 Å². The molecule has 3 rings (SSSR count). The highest BCUT2D eigenvalue weighted by Gasteiger charge is 1.99. The van der Waals surface area contributed by atoms with Crippen LogP contribution < -0.4 is 10.5 Å². The molecule has 0 amide bonds. The predicted octanol–water partition coefficient (Wildman–Crippen LogP) is 3.54. The fourth-order valence-corrected chi connectivity index (χ4v) is 1.77. The molecule has 84 valence electrons. The SMILES string of the molecule is Nc1ccc(Oc2ccc3[nH]ccc3c2)cc1. The van der Waals surface area contributed by atoms with Gasteiger partial charge in [0.2, 0.25) is 0 Å². The summed E-state index contributed by atoms with van der Waals surface area (Å²) in [5.74, 6) is 1.61. The zero-order chi connectivity index (χ0) is 11.7. The predicted molar refractivity (Wildman–Crippen MR) is 69.2 cm³/mol. The maximum Gasteiger partial charge on any atom is 0.128 e. The molecule has 0 aliphatic rings. The summed E-state index contributed by atoms with van der Waals surface area (Å²) in [7, 11) is 0. The zero-order valence-electron chi connectivity index (χ0n) is 9.18. The molecule has 0 radical (unpaired) electrons. The molecule has 2 aromatic carbocycles. The topological polar surface area (TPSA) is 51.0 Å². The van der Waals surface area contributed by atoms with Crippen LogP contribution in [0.15, 0.2) is 54.7 Å². The van der Waals surface area contributed by atoms with E-state index >= 15 is 0 Å². The molecule has 0 saturated carbocycles. The minimum Gasteiger partial charge on any atom is -0.457 e. The Labute approximate surface area is 98.8 Å². The highest BCUT2D eigenvalue weighted by Crippen LogP contribution is 2.25. The second-order valence-corrected chi connectivity index (χ2v) is 3.90. The molecular formula is C14H12N2O. The Morgan fingerprint density at radius 2 is 1.65 bits per heavy atom. The largest absolute Gasteiger partial charge is 0.457 e. The quantitative estimate of drug-likeness (QED) is 0.654. The second-order valence-electron chi connectivity index (χ2n) is 3.90. The number of H-pyrrole nitrogens is 1. The number of aromatic nitrogens is 1. The minimum atomic E-state index is 0.735. The number of ether oxygens (including phenoxy) is 1. The lowest BCUT2D eigenvalue weighted by Crippen LogP contribution is -1.86. The summed E-state index contributed by atoms with van der Waals surface area (Å²) < 4.78 is 5.74. The van der Waals surface area contributed by atoms with E-state index in [0.29, 0.717) is 0 Å². The average molecular weight is 224 g/mol. The van der Waals surface area contributed by atoms with Gasteiger partial charge in [-0.3, -0.25) is 0 Å². The highest BCUT2D eigenvalue weighted by atomic mass is 16.5. The molecule has 0 aliphatic heterocycles. The van der Waals surface area contributed by atoms with E-state index in [1.807, 2.05) is 54.7 Å². The first-order valence-corrected chi connectivity index (χ1v) is 5.42. The van der Waals surface area contributed by atoms with Crippen molar-refractivity contribution >= 4 is 16.6 Å². The number of hydrogen-bond acceptors (Lipinski definition) is 2. The molecular weight excluding hydrogens is 212 g/mol. The van der Waals surface area contributed by atoms with Gasteiger partial charge in [0.25, 0.3) is 0 Å². The summed E-state index contributed by atoms with van der Waals surface area (Å²) in [6.45, 7) is 0. The van der Waals surface area contributed by atoms with Crippen molar-refractivity contribution in [3.63, 3.8) is 0 Å². The summed E-state index contributed by atoms with van der Waals surface area (Å²) in [6, 6.07) is 15.3. The van der Waals surface area contributed by atoms with E-state index < -0.39 is 0 Å². The second kappa shape index (κ2) is 3.87. The third kappa shape index (κ3) is 1.95. The summed E-state index contributed by atoms with van der Waals surface area (Å²) in [6.07, 6.45) is 1.91. The fourth-order valence-electron chi connectivity index (χ4n) is 1.77. The molecule has 3 N–H and O–H groups in total. The standard InChI is InChI=1S/C14H12N2O/c15-11-1-3-12(4-2-11)17-13-5-6-14-10(9-13)7-8-16-14/h1-9,16H,15H2. The van der Waals surface area contributed by atoms with Gasteiger partial charge in [-0.05, 0) is 48.5 Å². The number of nitrogen functional groups attached to an aromatic ring is 1. The van der Waals surface area contributed by atoms with Crippen LogP contribution >= 0.6 is 0 Å². The monoisotopic (exact) mass is 224 g/mol. The first-order chi connectivity index (χ1) is 8.31. The molecule has 0 bridgehead atoms. The number of benzene rings is 2. The summed E-state index contributed by atoms with van der Waals surface area (Å²) in [5, 5.41) is 1.14. The van der Waals surface area contributed by atoms with Crippen LogP contribution in [-0.2, 0) is 0 Å². The molecule has 17 heavy (non-hydrogen) atoms. The molecule has 3 aromatic rings. The maximum absolute atomic E-state index is 5.74. The molecule has 0 aliphatic carbocycles. The zero-order valence-corrected chi connectivity index (χ0v) is 9.18. The Kier molecular flexibility index (Phi) is 2.22. The number of aromatic amines is 1. The van der Waals surface area contributed by atoms with Crippen molar-refractivity contribution in [2.75, 3.05) is 5.73 Å². The number of rotatable bonds is 2. The Bertz CT molecular complexity index is 641. The normalized spacial score (nSPS) is 10.6. The van der Waals surface area contributed by atoms with Gasteiger partial charge < -0.3 is 15.5 Å². The Morgan fingerprint density at radius 1 is 0.882 bits per heavy atom. The molecule has 0 saturated heterocycles. The third-order valence-electron chi connectivity index (χ3n) is 2.64. The molecule has 0 atom stereocenters. The van der Waals surface area contributed by atoms with Crippen LogP contribution in [0.1, 0.15) is 0 Å². The van der Waals surface area contributed by atoms with Crippen molar-refractivity contribution in [1.29, 1.82) is 0 Å². The maximum atomic E-state index is 5.74. The van der Waals surface area contributed by atoms with Crippen molar-refractivity contribution in [3.05, 3.63) is 54.7 Å². The van der Waals surface area contributed by atoms with Crippen LogP contribution in [0.4, 0.5) is 5.69 Å². The Hall–Kier alpha value is -2.42. The van der Waals surface area contributed by atoms with E-state index in [0.717, 1.165) is 28.1 Å². The third-order valence-corrected chi connectivity index (χ3v) is 2.64. The molecule has 1 aromatic heterocycles. The van der Waals surface area contributed by atoms with Gasteiger partial charge in [0.05, 0.1) is 0 Å².